The Balaban J connectivity index is 1.64. The van der Waals surface area contributed by atoms with E-state index in [0.29, 0.717) is 17.0 Å². The van der Waals surface area contributed by atoms with Crippen LogP contribution in [0.5, 0.6) is 5.75 Å². The number of fused-ring (bicyclic) bond motifs is 1. The van der Waals surface area contributed by atoms with E-state index in [9.17, 15) is 14.7 Å². The summed E-state index contributed by atoms with van der Waals surface area (Å²) in [4.78, 5) is 28.1. The Morgan fingerprint density at radius 2 is 1.60 bits per heavy atom. The van der Waals surface area contributed by atoms with Crippen LogP contribution in [0.2, 0.25) is 0 Å². The molecule has 35 heavy (non-hydrogen) atoms. The van der Waals surface area contributed by atoms with Gasteiger partial charge in [-0.05, 0) is 86.6 Å². The van der Waals surface area contributed by atoms with Crippen molar-refractivity contribution in [3.63, 3.8) is 0 Å². The Hall–Kier alpha value is -3.86. The maximum atomic E-state index is 13.4. The first-order chi connectivity index (χ1) is 16.9. The zero-order chi connectivity index (χ0) is 24.5. The maximum Gasteiger partial charge on any atom is 0.300 e. The molecule has 0 spiro atoms. The molecule has 1 N–H and O–H groups in total. The molecule has 0 radical (unpaired) electrons. The van der Waals surface area contributed by atoms with E-state index >= 15 is 0 Å². The minimum absolute atomic E-state index is 0.0276. The highest BCUT2D eigenvalue weighted by atomic mass is 16.5. The number of benzene rings is 3. The fourth-order valence-corrected chi connectivity index (χ4v) is 5.04. The van der Waals surface area contributed by atoms with E-state index in [-0.39, 0.29) is 17.4 Å². The van der Waals surface area contributed by atoms with Crippen molar-refractivity contribution in [1.29, 1.82) is 0 Å². The molecule has 1 amide bonds. The van der Waals surface area contributed by atoms with Gasteiger partial charge in [-0.25, -0.2) is 0 Å². The lowest BCUT2D eigenvalue weighted by molar-refractivity contribution is -0.132. The fraction of sp³-hybridized carbons (Fsp3) is 0.267. The van der Waals surface area contributed by atoms with Crippen molar-refractivity contribution in [1.82, 2.24) is 0 Å². The largest absolute Gasteiger partial charge is 0.507 e. The minimum Gasteiger partial charge on any atom is -0.507 e. The van der Waals surface area contributed by atoms with Crippen LogP contribution in [-0.4, -0.2) is 22.9 Å². The lowest BCUT2D eigenvalue weighted by atomic mass is 9.88. The van der Waals surface area contributed by atoms with Gasteiger partial charge in [0.1, 0.15) is 11.5 Å². The van der Waals surface area contributed by atoms with E-state index in [1.807, 2.05) is 74.5 Å². The number of rotatable bonds is 5. The molecule has 5 rings (SSSR count). The molecule has 0 saturated carbocycles. The van der Waals surface area contributed by atoms with Crippen LogP contribution in [0.15, 0.2) is 78.4 Å². The van der Waals surface area contributed by atoms with Gasteiger partial charge in [-0.1, -0.05) is 42.5 Å². The molecule has 1 heterocycles. The first-order valence-electron chi connectivity index (χ1n) is 12.2. The second-order valence-electron chi connectivity index (χ2n) is 9.43. The van der Waals surface area contributed by atoms with Crippen LogP contribution in [0.4, 0.5) is 5.69 Å². The summed E-state index contributed by atoms with van der Waals surface area (Å²) in [6.07, 6.45) is 4.28. The van der Waals surface area contributed by atoms with Crippen molar-refractivity contribution >= 4 is 23.1 Å². The number of anilines is 1. The molecule has 3 aromatic carbocycles. The molecule has 0 bridgehead atoms. The molecule has 5 nitrogen and oxygen atoms in total. The van der Waals surface area contributed by atoms with Crippen molar-refractivity contribution < 1.29 is 19.4 Å². The van der Waals surface area contributed by atoms with Crippen molar-refractivity contribution in [2.24, 2.45) is 0 Å². The summed E-state index contributed by atoms with van der Waals surface area (Å²) in [5, 5.41) is 11.4. The second-order valence-corrected chi connectivity index (χ2v) is 9.43. The van der Waals surface area contributed by atoms with E-state index < -0.39 is 17.7 Å². The van der Waals surface area contributed by atoms with Gasteiger partial charge in [0.15, 0.2) is 0 Å². The third-order valence-corrected chi connectivity index (χ3v) is 6.67. The summed E-state index contributed by atoms with van der Waals surface area (Å²) in [6.45, 7) is 3.91. The molecule has 1 fully saturated rings. The quantitative estimate of drug-likeness (QED) is 0.285. The molecule has 5 heteroatoms. The summed E-state index contributed by atoms with van der Waals surface area (Å²) in [7, 11) is 0. The minimum atomic E-state index is -0.749. The van der Waals surface area contributed by atoms with Gasteiger partial charge in [-0.2, -0.15) is 0 Å². The predicted octanol–water partition coefficient (Wildman–Crippen LogP) is 5.98. The van der Waals surface area contributed by atoms with Gasteiger partial charge >= 0.3 is 0 Å². The Morgan fingerprint density at radius 3 is 2.29 bits per heavy atom. The van der Waals surface area contributed by atoms with Crippen LogP contribution in [0.25, 0.3) is 5.76 Å². The third-order valence-electron chi connectivity index (χ3n) is 6.67. The topological polar surface area (TPSA) is 66.8 Å². The number of amides is 1. The highest BCUT2D eigenvalue weighted by molar-refractivity contribution is 6.51. The molecule has 1 aliphatic heterocycles. The smallest absolute Gasteiger partial charge is 0.300 e. The van der Waals surface area contributed by atoms with Crippen molar-refractivity contribution in [2.45, 2.75) is 51.7 Å². The van der Waals surface area contributed by atoms with Crippen LogP contribution < -0.4 is 9.64 Å². The number of ketones is 1. The van der Waals surface area contributed by atoms with E-state index in [1.54, 1.807) is 12.1 Å². The molecule has 1 aliphatic carbocycles. The first kappa shape index (κ1) is 22.9. The summed E-state index contributed by atoms with van der Waals surface area (Å²) in [5.41, 5.74) is 4.49. The molecule has 0 aromatic heterocycles. The van der Waals surface area contributed by atoms with E-state index in [4.69, 9.17) is 4.74 Å². The SMILES string of the molecule is CC(C)Oc1ccc(C2/C(=C(/O)c3ccc4c(c3)CCCC4)C(=O)C(=O)N2c2ccccc2)cc1. The Bertz CT molecular complexity index is 1290. The monoisotopic (exact) mass is 467 g/mol. The number of hydrogen-bond acceptors (Lipinski definition) is 4. The normalized spacial score (nSPS) is 19.2. The molecule has 1 saturated heterocycles. The molecule has 2 aliphatic rings. The van der Waals surface area contributed by atoms with Crippen molar-refractivity contribution in [3.05, 3.63) is 101 Å². The molecular formula is C30H29NO4. The molecular weight excluding hydrogens is 438 g/mol. The average Bonchev–Trinajstić information content (AvgIpc) is 3.14. The van der Waals surface area contributed by atoms with Gasteiger partial charge in [0, 0.05) is 11.3 Å². The lowest BCUT2D eigenvalue weighted by Gasteiger charge is -2.26. The van der Waals surface area contributed by atoms with Gasteiger partial charge in [0.25, 0.3) is 11.7 Å². The highest BCUT2D eigenvalue weighted by Crippen LogP contribution is 2.42. The Kier molecular flexibility index (Phi) is 6.16. The van der Waals surface area contributed by atoms with Crippen LogP contribution in [0.3, 0.4) is 0 Å². The molecule has 3 aromatic rings. The molecule has 1 unspecified atom stereocenters. The number of ether oxygens (including phenoxy) is 1. The zero-order valence-electron chi connectivity index (χ0n) is 20.0. The predicted molar refractivity (Wildman–Crippen MR) is 137 cm³/mol. The summed E-state index contributed by atoms with van der Waals surface area (Å²) >= 11 is 0. The van der Waals surface area contributed by atoms with Crippen molar-refractivity contribution in [2.75, 3.05) is 4.90 Å². The second kappa shape index (κ2) is 9.41. The van der Waals surface area contributed by atoms with Crippen LogP contribution in [0.1, 0.15) is 55.0 Å². The van der Waals surface area contributed by atoms with Crippen LogP contribution >= 0.6 is 0 Å². The summed E-state index contributed by atoms with van der Waals surface area (Å²) in [5.74, 6) is -0.766. The zero-order valence-corrected chi connectivity index (χ0v) is 20.0. The Labute approximate surface area is 205 Å². The number of Topliss-reactive ketones (excluding diaryl/α,β-unsaturated/α-hetero) is 1. The van der Waals surface area contributed by atoms with E-state index in [1.165, 1.54) is 16.0 Å². The lowest BCUT2D eigenvalue weighted by Crippen LogP contribution is -2.29. The number of hydrogen-bond donors (Lipinski definition) is 1. The maximum absolute atomic E-state index is 13.4. The molecule has 178 valence electrons. The highest BCUT2D eigenvalue weighted by Gasteiger charge is 2.47. The number of nitrogens with zero attached hydrogens (tertiary/aromatic N) is 1. The van der Waals surface area contributed by atoms with Gasteiger partial charge in [0.05, 0.1) is 17.7 Å². The third kappa shape index (κ3) is 4.34. The molecule has 1 atom stereocenters. The fourth-order valence-electron chi connectivity index (χ4n) is 5.04. The number of aryl methyl sites for hydroxylation is 2. The number of carbonyl (C=O) groups is 2. The van der Waals surface area contributed by atoms with Gasteiger partial charge in [-0.3, -0.25) is 14.5 Å². The number of aliphatic hydroxyl groups excluding tert-OH is 1. The van der Waals surface area contributed by atoms with Crippen LogP contribution in [0, 0.1) is 0 Å². The number of carbonyl (C=O) groups excluding carboxylic acids is 2. The average molecular weight is 468 g/mol. The van der Waals surface area contributed by atoms with E-state index in [0.717, 1.165) is 31.2 Å². The standard InChI is InChI=1S/C30H29NO4/c1-19(2)35-25-16-14-21(15-17-25)27-26(29(33)30(34)31(27)24-10-4-3-5-11-24)28(32)23-13-12-20-8-6-7-9-22(20)18-23/h3-5,10-19,27,32H,6-9H2,1-2H3/b28-26-. The van der Waals surface area contributed by atoms with E-state index in [2.05, 4.69) is 0 Å². The first-order valence-corrected chi connectivity index (χ1v) is 12.2. The van der Waals surface area contributed by atoms with Crippen molar-refractivity contribution in [3.8, 4) is 5.75 Å². The van der Waals surface area contributed by atoms with Crippen LogP contribution in [-0.2, 0) is 22.4 Å². The number of para-hydroxylation sites is 1. The summed E-state index contributed by atoms with van der Waals surface area (Å²) < 4.78 is 5.77. The van der Waals surface area contributed by atoms with Gasteiger partial charge in [0.2, 0.25) is 0 Å². The van der Waals surface area contributed by atoms with Gasteiger partial charge < -0.3 is 9.84 Å². The summed E-state index contributed by atoms with van der Waals surface area (Å²) in [6, 6.07) is 21.6. The Morgan fingerprint density at radius 1 is 0.914 bits per heavy atom. The van der Waals surface area contributed by atoms with Gasteiger partial charge in [-0.15, -0.1) is 0 Å². The number of aliphatic hydroxyl groups is 1.